The van der Waals surface area contributed by atoms with Crippen molar-refractivity contribution in [2.75, 3.05) is 0 Å². The molecule has 1 atom stereocenters. The summed E-state index contributed by atoms with van der Waals surface area (Å²) in [5.74, 6) is 0. The van der Waals surface area contributed by atoms with Crippen LogP contribution in [0.25, 0.3) is 0 Å². The first kappa shape index (κ1) is 9.60. The lowest BCUT2D eigenvalue weighted by molar-refractivity contribution is 0.796. The average molecular weight is 197 g/mol. The van der Waals surface area contributed by atoms with E-state index in [-0.39, 0.29) is 0 Å². The summed E-state index contributed by atoms with van der Waals surface area (Å²) in [6.45, 7) is 3.85. The molecular weight excluding hydrogens is 186 g/mol. The summed E-state index contributed by atoms with van der Waals surface area (Å²) in [5.41, 5.74) is 1.89. The highest BCUT2D eigenvalue weighted by atomic mass is 15.0. The largest absolute Gasteiger partial charge is 0.242 e. The van der Waals surface area contributed by atoms with Crippen molar-refractivity contribution in [2.24, 2.45) is 9.98 Å². The maximum absolute atomic E-state index is 9.27. The molecule has 1 aromatic rings. The predicted octanol–water partition coefficient (Wildman–Crippen LogP) is 2.22. The minimum Gasteiger partial charge on any atom is -0.242 e. The van der Waals surface area contributed by atoms with Crippen molar-refractivity contribution in [3.05, 3.63) is 35.4 Å². The molecule has 1 unspecified atom stereocenters. The van der Waals surface area contributed by atoms with Gasteiger partial charge in [-0.05, 0) is 19.4 Å². The Bertz CT molecular complexity index is 477. The normalized spacial score (nSPS) is 23.7. The summed E-state index contributed by atoms with van der Waals surface area (Å²) in [6.07, 6.45) is 1.46. The molecular formula is C12H11N3. The van der Waals surface area contributed by atoms with Crippen molar-refractivity contribution in [3.8, 4) is 6.07 Å². The molecule has 0 amide bonds. The smallest absolute Gasteiger partial charge is 0.211 e. The third-order valence-corrected chi connectivity index (χ3v) is 2.66. The molecule has 3 heteroatoms. The third kappa shape index (κ3) is 1.35. The molecule has 0 saturated heterocycles. The lowest BCUT2D eigenvalue weighted by atomic mass is 9.88. The molecule has 1 heterocycles. The fourth-order valence-electron chi connectivity index (χ4n) is 1.64. The Morgan fingerprint density at radius 2 is 1.87 bits per heavy atom. The van der Waals surface area contributed by atoms with Crippen LogP contribution in [0.15, 0.2) is 34.3 Å². The standard InChI is InChI=1S/C12H11N3/c1-9-3-5-11(6-4-9)12(7-13)10(2)14-8-15-12/h3-6,8H,1-2H3. The van der Waals surface area contributed by atoms with Crippen LogP contribution >= 0.6 is 0 Å². The number of hydrogen-bond donors (Lipinski definition) is 0. The summed E-state index contributed by atoms with van der Waals surface area (Å²) < 4.78 is 0. The first-order valence-corrected chi connectivity index (χ1v) is 4.76. The fourth-order valence-corrected chi connectivity index (χ4v) is 1.64. The van der Waals surface area contributed by atoms with Crippen LogP contribution in [0.4, 0.5) is 0 Å². The van der Waals surface area contributed by atoms with Gasteiger partial charge in [0.25, 0.3) is 0 Å². The van der Waals surface area contributed by atoms with Crippen molar-refractivity contribution in [3.63, 3.8) is 0 Å². The van der Waals surface area contributed by atoms with E-state index >= 15 is 0 Å². The van der Waals surface area contributed by atoms with Crippen LogP contribution in [0.3, 0.4) is 0 Å². The van der Waals surface area contributed by atoms with Gasteiger partial charge in [-0.2, -0.15) is 5.26 Å². The number of rotatable bonds is 1. The first-order valence-electron chi connectivity index (χ1n) is 4.76. The van der Waals surface area contributed by atoms with Crippen molar-refractivity contribution < 1.29 is 0 Å². The van der Waals surface area contributed by atoms with Crippen molar-refractivity contribution in [2.45, 2.75) is 19.4 Å². The van der Waals surface area contributed by atoms with Crippen LogP contribution < -0.4 is 0 Å². The second-order valence-corrected chi connectivity index (χ2v) is 3.65. The number of aliphatic imine (C=N–C) groups is 2. The minimum absolute atomic E-state index is 0.730. The van der Waals surface area contributed by atoms with Crippen molar-refractivity contribution >= 4 is 12.1 Å². The average Bonchev–Trinajstić information content (AvgIpc) is 2.62. The molecule has 1 aromatic carbocycles. The molecule has 1 aliphatic heterocycles. The van der Waals surface area contributed by atoms with E-state index in [1.54, 1.807) is 0 Å². The Hall–Kier alpha value is -1.95. The zero-order valence-electron chi connectivity index (χ0n) is 8.73. The van der Waals surface area contributed by atoms with Gasteiger partial charge in [-0.1, -0.05) is 29.8 Å². The molecule has 0 saturated carbocycles. The van der Waals surface area contributed by atoms with E-state index in [9.17, 15) is 5.26 Å². The summed E-state index contributed by atoms with van der Waals surface area (Å²) in [5, 5.41) is 9.27. The third-order valence-electron chi connectivity index (χ3n) is 2.66. The Morgan fingerprint density at radius 3 is 2.33 bits per heavy atom. The number of hydrogen-bond acceptors (Lipinski definition) is 3. The quantitative estimate of drug-likeness (QED) is 0.680. The van der Waals surface area contributed by atoms with E-state index in [0.29, 0.717) is 0 Å². The minimum atomic E-state index is -0.895. The van der Waals surface area contributed by atoms with Gasteiger partial charge in [0.15, 0.2) is 0 Å². The maximum atomic E-state index is 9.27. The highest BCUT2D eigenvalue weighted by Gasteiger charge is 2.37. The van der Waals surface area contributed by atoms with Gasteiger partial charge in [-0.3, -0.25) is 0 Å². The number of aryl methyl sites for hydroxylation is 1. The second kappa shape index (κ2) is 3.32. The van der Waals surface area contributed by atoms with Crippen LogP contribution in [0.1, 0.15) is 18.1 Å². The van der Waals surface area contributed by atoms with Crippen molar-refractivity contribution in [1.82, 2.24) is 0 Å². The summed E-state index contributed by atoms with van der Waals surface area (Å²) in [7, 11) is 0. The van der Waals surface area contributed by atoms with Gasteiger partial charge in [0, 0.05) is 0 Å². The van der Waals surface area contributed by atoms with Gasteiger partial charge in [0.05, 0.1) is 5.71 Å². The molecule has 74 valence electrons. The van der Waals surface area contributed by atoms with Crippen LogP contribution in [0.2, 0.25) is 0 Å². The Morgan fingerprint density at radius 1 is 1.20 bits per heavy atom. The molecule has 0 aromatic heterocycles. The number of benzene rings is 1. The molecule has 2 rings (SSSR count). The number of nitrogens with zero attached hydrogens (tertiary/aromatic N) is 3. The van der Waals surface area contributed by atoms with Gasteiger partial charge in [-0.25, -0.2) is 9.98 Å². The molecule has 1 aliphatic rings. The van der Waals surface area contributed by atoms with Crippen LogP contribution in [0.5, 0.6) is 0 Å². The van der Waals surface area contributed by atoms with E-state index < -0.39 is 5.54 Å². The molecule has 0 bridgehead atoms. The van der Waals surface area contributed by atoms with E-state index in [1.165, 1.54) is 11.9 Å². The molecule has 3 nitrogen and oxygen atoms in total. The second-order valence-electron chi connectivity index (χ2n) is 3.65. The van der Waals surface area contributed by atoms with Crippen LogP contribution in [0, 0.1) is 18.3 Å². The molecule has 0 fully saturated rings. The van der Waals surface area contributed by atoms with E-state index in [4.69, 9.17) is 0 Å². The van der Waals surface area contributed by atoms with Gasteiger partial charge in [0.1, 0.15) is 12.4 Å². The maximum Gasteiger partial charge on any atom is 0.211 e. The van der Waals surface area contributed by atoms with E-state index in [2.05, 4.69) is 16.1 Å². The zero-order valence-corrected chi connectivity index (χ0v) is 8.73. The van der Waals surface area contributed by atoms with Crippen molar-refractivity contribution in [1.29, 1.82) is 5.26 Å². The van der Waals surface area contributed by atoms with Gasteiger partial charge in [-0.15, -0.1) is 0 Å². The highest BCUT2D eigenvalue weighted by molar-refractivity contribution is 6.03. The fraction of sp³-hybridized carbons (Fsp3) is 0.250. The molecule has 0 aliphatic carbocycles. The lowest BCUT2D eigenvalue weighted by Gasteiger charge is -2.18. The molecule has 0 N–H and O–H groups in total. The zero-order chi connectivity index (χ0) is 10.9. The number of nitriles is 1. The van der Waals surface area contributed by atoms with E-state index in [0.717, 1.165) is 11.3 Å². The Kier molecular flexibility index (Phi) is 2.12. The lowest BCUT2D eigenvalue weighted by Crippen LogP contribution is -2.27. The highest BCUT2D eigenvalue weighted by Crippen LogP contribution is 2.29. The Balaban J connectivity index is 2.54. The SMILES string of the molecule is CC1=NC=NC1(C#N)c1ccc(C)cc1. The topological polar surface area (TPSA) is 48.5 Å². The Labute approximate surface area is 88.8 Å². The first-order chi connectivity index (χ1) is 7.19. The summed E-state index contributed by atoms with van der Waals surface area (Å²) >= 11 is 0. The van der Waals surface area contributed by atoms with Gasteiger partial charge in [0.2, 0.25) is 5.54 Å². The summed E-state index contributed by atoms with van der Waals surface area (Å²) in [6, 6.07) is 10.1. The monoisotopic (exact) mass is 197 g/mol. The molecule has 0 radical (unpaired) electrons. The van der Waals surface area contributed by atoms with Crippen LogP contribution in [-0.4, -0.2) is 12.1 Å². The van der Waals surface area contributed by atoms with E-state index in [1.807, 2.05) is 38.1 Å². The van der Waals surface area contributed by atoms with Gasteiger partial charge < -0.3 is 0 Å². The molecule has 15 heavy (non-hydrogen) atoms. The predicted molar refractivity (Wildman–Crippen MR) is 60.1 cm³/mol. The molecule has 0 spiro atoms. The summed E-state index contributed by atoms with van der Waals surface area (Å²) in [4.78, 5) is 8.24. The van der Waals surface area contributed by atoms with Crippen LogP contribution in [-0.2, 0) is 5.54 Å². The van der Waals surface area contributed by atoms with Gasteiger partial charge >= 0.3 is 0 Å².